The number of hydrogen-bond acceptors (Lipinski definition) is 4. The molecular formula is C13H18BrNO2S. The van der Waals surface area contributed by atoms with Gasteiger partial charge in [0.15, 0.2) is 0 Å². The molecule has 3 nitrogen and oxygen atoms in total. The third kappa shape index (κ3) is 2.80. The molecular weight excluding hydrogens is 314 g/mol. The van der Waals surface area contributed by atoms with Gasteiger partial charge in [-0.05, 0) is 41.4 Å². The lowest BCUT2D eigenvalue weighted by Gasteiger charge is -2.37. The zero-order valence-corrected chi connectivity index (χ0v) is 12.6. The maximum absolute atomic E-state index is 10.3. The summed E-state index contributed by atoms with van der Waals surface area (Å²) in [7, 11) is 0. The summed E-state index contributed by atoms with van der Waals surface area (Å²) in [5, 5.41) is 12.4. The van der Waals surface area contributed by atoms with Crippen LogP contribution in [0, 0.1) is 0 Å². The molecule has 100 valence electrons. The Hall–Kier alpha value is 0.0600. The average Bonchev–Trinajstić information content (AvgIpc) is 2.96. The van der Waals surface area contributed by atoms with Gasteiger partial charge < -0.3 is 9.84 Å². The summed E-state index contributed by atoms with van der Waals surface area (Å²) in [6, 6.07) is 2.68. The van der Waals surface area contributed by atoms with Crippen molar-refractivity contribution in [1.29, 1.82) is 0 Å². The second kappa shape index (κ2) is 5.59. The Bertz CT molecular complexity index is 411. The minimum absolute atomic E-state index is 0.0276. The Morgan fingerprint density at radius 1 is 1.61 bits per heavy atom. The molecule has 0 saturated carbocycles. The second-order valence-electron chi connectivity index (χ2n) is 5.17. The molecule has 2 aliphatic heterocycles. The Labute approximate surface area is 120 Å². The van der Waals surface area contributed by atoms with Crippen molar-refractivity contribution >= 4 is 27.3 Å². The van der Waals surface area contributed by atoms with Crippen LogP contribution in [0.25, 0.3) is 0 Å². The van der Waals surface area contributed by atoms with Gasteiger partial charge in [-0.3, -0.25) is 4.90 Å². The maximum Gasteiger partial charge on any atom is 0.0964 e. The van der Waals surface area contributed by atoms with Gasteiger partial charge in [0.2, 0.25) is 0 Å². The van der Waals surface area contributed by atoms with Gasteiger partial charge in [-0.1, -0.05) is 0 Å². The molecule has 5 heteroatoms. The monoisotopic (exact) mass is 331 g/mol. The molecule has 3 heterocycles. The summed E-state index contributed by atoms with van der Waals surface area (Å²) in [5.41, 5.74) is 0. The zero-order chi connectivity index (χ0) is 12.5. The fourth-order valence-corrected chi connectivity index (χ4v) is 4.38. The highest BCUT2D eigenvalue weighted by atomic mass is 79.9. The van der Waals surface area contributed by atoms with Crippen LogP contribution in [0.2, 0.25) is 0 Å². The second-order valence-corrected chi connectivity index (χ2v) is 7.08. The number of hydrogen-bond donors (Lipinski definition) is 1. The lowest BCUT2D eigenvalue weighted by Crippen LogP contribution is -2.50. The van der Waals surface area contributed by atoms with Gasteiger partial charge in [-0.25, -0.2) is 0 Å². The molecule has 2 aliphatic rings. The molecule has 1 aromatic rings. The number of morpholine rings is 1. The van der Waals surface area contributed by atoms with Crippen LogP contribution in [0.4, 0.5) is 0 Å². The number of fused-ring (bicyclic) bond motifs is 1. The summed E-state index contributed by atoms with van der Waals surface area (Å²) in [5.74, 6) is 0. The van der Waals surface area contributed by atoms with Crippen LogP contribution in [0.15, 0.2) is 15.9 Å². The van der Waals surface area contributed by atoms with E-state index in [1.54, 1.807) is 11.3 Å². The van der Waals surface area contributed by atoms with E-state index in [1.807, 2.05) is 0 Å². The van der Waals surface area contributed by atoms with Crippen molar-refractivity contribution in [2.75, 3.05) is 19.7 Å². The van der Waals surface area contributed by atoms with Crippen LogP contribution in [0.5, 0.6) is 0 Å². The highest BCUT2D eigenvalue weighted by Crippen LogP contribution is 2.26. The molecule has 0 bridgehead atoms. The number of nitrogens with zero attached hydrogens (tertiary/aromatic N) is 1. The van der Waals surface area contributed by atoms with Crippen molar-refractivity contribution < 1.29 is 9.84 Å². The first-order chi connectivity index (χ1) is 8.72. The topological polar surface area (TPSA) is 32.7 Å². The van der Waals surface area contributed by atoms with E-state index >= 15 is 0 Å². The third-order valence-electron chi connectivity index (χ3n) is 3.88. The van der Waals surface area contributed by atoms with Gasteiger partial charge in [0.1, 0.15) is 0 Å². The number of thiophene rings is 1. The van der Waals surface area contributed by atoms with Crippen LogP contribution in [-0.4, -0.2) is 48.0 Å². The van der Waals surface area contributed by atoms with E-state index < -0.39 is 6.10 Å². The SMILES string of the molecule is OC(Cc1cc(Br)cs1)C1CN2CCCC2CO1. The highest BCUT2D eigenvalue weighted by molar-refractivity contribution is 9.10. The van der Waals surface area contributed by atoms with Gasteiger partial charge in [0.25, 0.3) is 0 Å². The van der Waals surface area contributed by atoms with Crippen LogP contribution in [-0.2, 0) is 11.2 Å². The van der Waals surface area contributed by atoms with Gasteiger partial charge in [-0.2, -0.15) is 0 Å². The Kier molecular flexibility index (Phi) is 4.06. The number of aliphatic hydroxyl groups excluding tert-OH is 1. The molecule has 0 aromatic carbocycles. The molecule has 0 spiro atoms. The van der Waals surface area contributed by atoms with Gasteiger partial charge in [0.05, 0.1) is 18.8 Å². The molecule has 0 amide bonds. The van der Waals surface area contributed by atoms with Crippen LogP contribution >= 0.6 is 27.3 Å². The third-order valence-corrected chi connectivity index (χ3v) is 5.60. The van der Waals surface area contributed by atoms with Crippen molar-refractivity contribution in [2.45, 2.75) is 37.5 Å². The molecule has 1 N–H and O–H groups in total. The van der Waals surface area contributed by atoms with E-state index in [-0.39, 0.29) is 6.10 Å². The molecule has 3 rings (SSSR count). The smallest absolute Gasteiger partial charge is 0.0964 e. The van der Waals surface area contributed by atoms with Crippen LogP contribution < -0.4 is 0 Å². The average molecular weight is 332 g/mol. The predicted octanol–water partition coefficient (Wildman–Crippen LogP) is 2.28. The number of ether oxygens (including phenoxy) is 1. The van der Waals surface area contributed by atoms with Crippen molar-refractivity contribution in [2.24, 2.45) is 0 Å². The highest BCUT2D eigenvalue weighted by Gasteiger charge is 2.35. The molecule has 0 radical (unpaired) electrons. The lowest BCUT2D eigenvalue weighted by atomic mass is 10.1. The Morgan fingerprint density at radius 2 is 2.50 bits per heavy atom. The first-order valence-electron chi connectivity index (χ1n) is 6.49. The first-order valence-corrected chi connectivity index (χ1v) is 8.16. The number of rotatable bonds is 3. The Balaban J connectivity index is 1.57. The van der Waals surface area contributed by atoms with E-state index in [0.717, 1.165) is 17.6 Å². The first kappa shape index (κ1) is 13.1. The van der Waals surface area contributed by atoms with Crippen molar-refractivity contribution in [3.8, 4) is 0 Å². The largest absolute Gasteiger partial charge is 0.390 e. The quantitative estimate of drug-likeness (QED) is 0.922. The lowest BCUT2D eigenvalue weighted by molar-refractivity contribution is -0.101. The summed E-state index contributed by atoms with van der Waals surface area (Å²) < 4.78 is 6.93. The molecule has 0 aliphatic carbocycles. The van der Waals surface area contributed by atoms with E-state index in [4.69, 9.17) is 4.74 Å². The number of halogens is 1. The molecule has 2 fully saturated rings. The van der Waals surface area contributed by atoms with E-state index in [9.17, 15) is 5.11 Å². The van der Waals surface area contributed by atoms with E-state index in [1.165, 1.54) is 24.3 Å². The van der Waals surface area contributed by atoms with Crippen molar-refractivity contribution in [3.63, 3.8) is 0 Å². The summed E-state index contributed by atoms with van der Waals surface area (Å²) in [4.78, 5) is 3.68. The fourth-order valence-electron chi connectivity index (χ4n) is 2.87. The van der Waals surface area contributed by atoms with Crippen LogP contribution in [0.3, 0.4) is 0 Å². The van der Waals surface area contributed by atoms with Crippen molar-refractivity contribution in [3.05, 3.63) is 20.8 Å². The predicted molar refractivity (Wildman–Crippen MR) is 76.1 cm³/mol. The molecule has 1 aromatic heterocycles. The maximum atomic E-state index is 10.3. The summed E-state index contributed by atoms with van der Waals surface area (Å²) >= 11 is 5.13. The minimum Gasteiger partial charge on any atom is -0.390 e. The molecule has 3 unspecified atom stereocenters. The minimum atomic E-state index is -0.392. The van der Waals surface area contributed by atoms with Gasteiger partial charge in [-0.15, -0.1) is 11.3 Å². The van der Waals surface area contributed by atoms with E-state index in [0.29, 0.717) is 12.5 Å². The van der Waals surface area contributed by atoms with Crippen molar-refractivity contribution in [1.82, 2.24) is 4.90 Å². The summed E-state index contributed by atoms with van der Waals surface area (Å²) in [6.07, 6.45) is 2.80. The molecule has 3 atom stereocenters. The van der Waals surface area contributed by atoms with Gasteiger partial charge >= 0.3 is 0 Å². The summed E-state index contributed by atoms with van der Waals surface area (Å²) in [6.45, 7) is 2.84. The normalized spacial score (nSPS) is 30.3. The number of aliphatic hydroxyl groups is 1. The molecule has 18 heavy (non-hydrogen) atoms. The van der Waals surface area contributed by atoms with Crippen LogP contribution in [0.1, 0.15) is 17.7 Å². The van der Waals surface area contributed by atoms with E-state index in [2.05, 4.69) is 32.3 Å². The Morgan fingerprint density at radius 3 is 3.28 bits per heavy atom. The fraction of sp³-hybridized carbons (Fsp3) is 0.692. The zero-order valence-electron chi connectivity index (χ0n) is 10.2. The molecule has 2 saturated heterocycles. The van der Waals surface area contributed by atoms with Gasteiger partial charge in [0, 0.05) is 33.7 Å². The standard InChI is InChI=1S/C13H18BrNO2S/c14-9-4-11(18-8-9)5-12(16)13-6-15-3-1-2-10(15)7-17-13/h4,8,10,12-13,16H,1-3,5-7H2.